The monoisotopic (exact) mass is 251 g/mol. The molecule has 17 heavy (non-hydrogen) atoms. The topological polar surface area (TPSA) is 21.3 Å². The van der Waals surface area contributed by atoms with Crippen LogP contribution in [0.2, 0.25) is 5.02 Å². The number of hydrogen-bond acceptors (Lipinski definition) is 2. The number of hydrogen-bond donors (Lipinski definition) is 1. The molecule has 1 atom stereocenters. The first-order chi connectivity index (χ1) is 8.26. The van der Waals surface area contributed by atoms with Crippen LogP contribution in [-0.2, 0) is 5.54 Å². The Kier molecular flexibility index (Phi) is 2.80. The summed E-state index contributed by atoms with van der Waals surface area (Å²) in [6.45, 7) is 1.13. The summed E-state index contributed by atoms with van der Waals surface area (Å²) >= 11 is 6.10. The minimum absolute atomic E-state index is 0.192. The quantitative estimate of drug-likeness (QED) is 0.890. The molecule has 1 aliphatic heterocycles. The fourth-order valence-corrected chi connectivity index (χ4v) is 3.31. The van der Waals surface area contributed by atoms with E-state index in [-0.39, 0.29) is 5.54 Å². The van der Waals surface area contributed by atoms with Crippen LogP contribution in [0.1, 0.15) is 31.2 Å². The smallest absolute Gasteiger partial charge is 0.137 e. The molecule has 3 rings (SSSR count). The van der Waals surface area contributed by atoms with Crippen LogP contribution in [-0.4, -0.2) is 13.7 Å². The van der Waals surface area contributed by atoms with E-state index < -0.39 is 0 Å². The summed E-state index contributed by atoms with van der Waals surface area (Å²) in [7, 11) is 1.68. The Bertz CT molecular complexity index is 422. The molecule has 0 bridgehead atoms. The first kappa shape index (κ1) is 11.4. The standard InChI is InChI=1S/C14H18ClNO/c1-17-13-9-11(5-6-12(13)15)14(10-3-4-10)7-2-8-16-14/h5-6,9-10,16H,2-4,7-8H2,1H3. The van der Waals surface area contributed by atoms with Crippen LogP contribution < -0.4 is 10.1 Å². The van der Waals surface area contributed by atoms with Crippen LogP contribution in [0, 0.1) is 5.92 Å². The highest BCUT2D eigenvalue weighted by Crippen LogP contribution is 2.51. The number of rotatable bonds is 3. The lowest BCUT2D eigenvalue weighted by atomic mass is 9.83. The molecule has 1 aromatic carbocycles. The Morgan fingerprint density at radius 1 is 1.41 bits per heavy atom. The fourth-order valence-electron chi connectivity index (χ4n) is 3.11. The van der Waals surface area contributed by atoms with Gasteiger partial charge >= 0.3 is 0 Å². The minimum atomic E-state index is 0.192. The Balaban J connectivity index is 2.01. The molecular formula is C14H18ClNO. The minimum Gasteiger partial charge on any atom is -0.495 e. The second-order valence-corrected chi connectivity index (χ2v) is 5.53. The Morgan fingerprint density at radius 2 is 2.24 bits per heavy atom. The summed E-state index contributed by atoms with van der Waals surface area (Å²) in [4.78, 5) is 0. The molecule has 1 aliphatic carbocycles. The fraction of sp³-hybridized carbons (Fsp3) is 0.571. The maximum absolute atomic E-state index is 6.10. The normalized spacial score (nSPS) is 28.4. The molecule has 1 heterocycles. The van der Waals surface area contributed by atoms with Gasteiger partial charge in [0.05, 0.1) is 12.1 Å². The third-order valence-corrected chi connectivity index (χ3v) is 4.44. The highest BCUT2D eigenvalue weighted by atomic mass is 35.5. The number of nitrogens with one attached hydrogen (secondary N) is 1. The van der Waals surface area contributed by atoms with Gasteiger partial charge in [-0.2, -0.15) is 0 Å². The molecule has 2 nitrogen and oxygen atoms in total. The number of methoxy groups -OCH3 is 1. The van der Waals surface area contributed by atoms with Gasteiger partial charge in [0, 0.05) is 5.54 Å². The van der Waals surface area contributed by atoms with Crippen molar-refractivity contribution in [3.8, 4) is 5.75 Å². The summed E-state index contributed by atoms with van der Waals surface area (Å²) in [6, 6.07) is 6.22. The third-order valence-electron chi connectivity index (χ3n) is 4.13. The van der Waals surface area contributed by atoms with E-state index in [1.165, 1.54) is 31.2 Å². The first-order valence-corrected chi connectivity index (χ1v) is 6.73. The summed E-state index contributed by atoms with van der Waals surface area (Å²) in [5, 5.41) is 4.42. The van der Waals surface area contributed by atoms with E-state index in [1.807, 2.05) is 6.07 Å². The van der Waals surface area contributed by atoms with Gasteiger partial charge in [-0.05, 0) is 55.8 Å². The summed E-state index contributed by atoms with van der Waals surface area (Å²) < 4.78 is 5.33. The molecule has 1 N–H and O–H groups in total. The van der Waals surface area contributed by atoms with E-state index in [2.05, 4.69) is 17.4 Å². The van der Waals surface area contributed by atoms with Gasteiger partial charge < -0.3 is 10.1 Å². The lowest BCUT2D eigenvalue weighted by Crippen LogP contribution is -2.38. The van der Waals surface area contributed by atoms with Crippen molar-refractivity contribution in [1.29, 1.82) is 0 Å². The second kappa shape index (κ2) is 4.18. The van der Waals surface area contributed by atoms with Crippen LogP contribution in [0.5, 0.6) is 5.75 Å². The van der Waals surface area contributed by atoms with Crippen molar-refractivity contribution in [2.75, 3.05) is 13.7 Å². The van der Waals surface area contributed by atoms with E-state index in [0.29, 0.717) is 5.02 Å². The molecule has 0 spiro atoms. The molecule has 0 radical (unpaired) electrons. The number of benzene rings is 1. The molecule has 2 aliphatic rings. The van der Waals surface area contributed by atoms with Crippen molar-refractivity contribution in [2.45, 2.75) is 31.2 Å². The van der Waals surface area contributed by atoms with Gasteiger partial charge in [-0.1, -0.05) is 17.7 Å². The zero-order chi connectivity index (χ0) is 11.9. The van der Waals surface area contributed by atoms with Crippen LogP contribution in [0.4, 0.5) is 0 Å². The van der Waals surface area contributed by atoms with Crippen molar-refractivity contribution in [1.82, 2.24) is 5.32 Å². The van der Waals surface area contributed by atoms with Crippen LogP contribution >= 0.6 is 11.6 Å². The van der Waals surface area contributed by atoms with Gasteiger partial charge in [0.1, 0.15) is 5.75 Å². The highest BCUT2D eigenvalue weighted by Gasteiger charge is 2.47. The zero-order valence-electron chi connectivity index (χ0n) is 10.1. The molecule has 92 valence electrons. The van der Waals surface area contributed by atoms with E-state index in [0.717, 1.165) is 18.2 Å². The van der Waals surface area contributed by atoms with Crippen molar-refractivity contribution >= 4 is 11.6 Å². The average Bonchev–Trinajstić information content (AvgIpc) is 3.09. The second-order valence-electron chi connectivity index (χ2n) is 5.13. The van der Waals surface area contributed by atoms with Crippen LogP contribution in [0.3, 0.4) is 0 Å². The van der Waals surface area contributed by atoms with E-state index in [1.54, 1.807) is 7.11 Å². The molecular weight excluding hydrogens is 234 g/mol. The van der Waals surface area contributed by atoms with Crippen molar-refractivity contribution in [3.63, 3.8) is 0 Å². The van der Waals surface area contributed by atoms with Gasteiger partial charge in [-0.25, -0.2) is 0 Å². The lowest BCUT2D eigenvalue weighted by molar-refractivity contribution is 0.333. The zero-order valence-corrected chi connectivity index (χ0v) is 10.9. The first-order valence-electron chi connectivity index (χ1n) is 6.35. The molecule has 0 amide bonds. The van der Waals surface area contributed by atoms with Gasteiger partial charge in [-0.3, -0.25) is 0 Å². The molecule has 1 saturated heterocycles. The van der Waals surface area contributed by atoms with Gasteiger partial charge in [0.2, 0.25) is 0 Å². The van der Waals surface area contributed by atoms with Gasteiger partial charge in [0.25, 0.3) is 0 Å². The number of ether oxygens (including phenoxy) is 1. The lowest BCUT2D eigenvalue weighted by Gasteiger charge is -2.31. The summed E-state index contributed by atoms with van der Waals surface area (Å²) in [6.07, 6.45) is 5.19. The van der Waals surface area contributed by atoms with E-state index in [9.17, 15) is 0 Å². The van der Waals surface area contributed by atoms with Crippen LogP contribution in [0.15, 0.2) is 18.2 Å². The largest absolute Gasteiger partial charge is 0.495 e. The molecule has 2 fully saturated rings. The summed E-state index contributed by atoms with van der Waals surface area (Å²) in [5.41, 5.74) is 1.54. The predicted octanol–water partition coefficient (Wildman–Crippen LogP) is 3.34. The number of halogens is 1. The van der Waals surface area contributed by atoms with E-state index in [4.69, 9.17) is 16.3 Å². The van der Waals surface area contributed by atoms with Gasteiger partial charge in [0.15, 0.2) is 0 Å². The van der Waals surface area contributed by atoms with Crippen molar-refractivity contribution < 1.29 is 4.74 Å². The molecule has 1 unspecified atom stereocenters. The van der Waals surface area contributed by atoms with Crippen molar-refractivity contribution in [3.05, 3.63) is 28.8 Å². The molecule has 1 aromatic rings. The SMILES string of the molecule is COc1cc(C2(C3CC3)CCCN2)ccc1Cl. The maximum atomic E-state index is 6.10. The predicted molar refractivity (Wildman–Crippen MR) is 69.6 cm³/mol. The Labute approximate surface area is 107 Å². The van der Waals surface area contributed by atoms with Gasteiger partial charge in [-0.15, -0.1) is 0 Å². The molecule has 0 aromatic heterocycles. The van der Waals surface area contributed by atoms with E-state index >= 15 is 0 Å². The van der Waals surface area contributed by atoms with Crippen LogP contribution in [0.25, 0.3) is 0 Å². The van der Waals surface area contributed by atoms with Crippen molar-refractivity contribution in [2.24, 2.45) is 5.92 Å². The Morgan fingerprint density at radius 3 is 2.82 bits per heavy atom. The highest BCUT2D eigenvalue weighted by molar-refractivity contribution is 6.32. The molecule has 3 heteroatoms. The maximum Gasteiger partial charge on any atom is 0.137 e. The molecule has 1 saturated carbocycles. The average molecular weight is 252 g/mol. The Hall–Kier alpha value is -0.730. The summed E-state index contributed by atoms with van der Waals surface area (Å²) in [5.74, 6) is 1.59. The third kappa shape index (κ3) is 1.84.